The number of hydrogen-bond donors (Lipinski definition) is 0. The molecule has 0 saturated carbocycles. The van der Waals surface area contributed by atoms with Gasteiger partial charge in [-0.1, -0.05) is 18.2 Å². The summed E-state index contributed by atoms with van der Waals surface area (Å²) >= 11 is 0. The smallest absolute Gasteiger partial charge is 0.270 e. The quantitative estimate of drug-likeness (QED) is 0.322. The topological polar surface area (TPSA) is 85.4 Å². The average Bonchev–Trinajstić information content (AvgIpc) is 2.62. The highest BCUT2D eigenvalue weighted by Crippen LogP contribution is 2.30. The van der Waals surface area contributed by atoms with Gasteiger partial charge < -0.3 is 9.47 Å². The molecule has 0 aliphatic carbocycles. The molecule has 0 aliphatic rings. The van der Waals surface area contributed by atoms with E-state index in [1.165, 1.54) is 12.1 Å². The number of rotatable bonds is 7. The lowest BCUT2D eigenvalue weighted by Gasteiger charge is -2.11. The molecule has 2 aromatic rings. The van der Waals surface area contributed by atoms with Crippen molar-refractivity contribution in [1.82, 2.24) is 0 Å². The van der Waals surface area contributed by atoms with Gasteiger partial charge in [-0.2, -0.15) is 5.26 Å². The first-order valence-corrected chi connectivity index (χ1v) is 7.85. The SMILES string of the molecule is CCOc1ccc(C=C(C#N)c2cccc([N+](=O)[O-])c2)cc1OCC. The molecule has 0 radical (unpaired) electrons. The van der Waals surface area contributed by atoms with Crippen LogP contribution in [0.15, 0.2) is 42.5 Å². The van der Waals surface area contributed by atoms with E-state index in [0.29, 0.717) is 35.8 Å². The zero-order valence-corrected chi connectivity index (χ0v) is 14.1. The molecule has 0 aromatic heterocycles. The number of benzene rings is 2. The summed E-state index contributed by atoms with van der Waals surface area (Å²) in [6.45, 7) is 4.78. The fourth-order valence-electron chi connectivity index (χ4n) is 2.29. The van der Waals surface area contributed by atoms with Gasteiger partial charge in [0, 0.05) is 12.1 Å². The van der Waals surface area contributed by atoms with Crippen molar-refractivity contribution in [3.63, 3.8) is 0 Å². The molecule has 6 heteroatoms. The van der Waals surface area contributed by atoms with Crippen molar-refractivity contribution in [3.8, 4) is 17.6 Å². The van der Waals surface area contributed by atoms with Gasteiger partial charge in [-0.05, 0) is 43.2 Å². The Morgan fingerprint density at radius 3 is 2.52 bits per heavy atom. The predicted octanol–water partition coefficient (Wildman–Crippen LogP) is 4.46. The Balaban J connectivity index is 2.42. The molecule has 0 heterocycles. The minimum atomic E-state index is -0.484. The molecule has 0 unspecified atom stereocenters. The van der Waals surface area contributed by atoms with Crippen LogP contribution in [0.1, 0.15) is 25.0 Å². The molecule has 0 atom stereocenters. The van der Waals surface area contributed by atoms with Crippen LogP contribution in [0.4, 0.5) is 5.69 Å². The Kier molecular flexibility index (Phi) is 6.13. The molecule has 0 spiro atoms. The van der Waals surface area contributed by atoms with Crippen LogP contribution in [0.2, 0.25) is 0 Å². The second-order valence-corrected chi connectivity index (χ2v) is 5.05. The van der Waals surface area contributed by atoms with Crippen molar-refractivity contribution in [3.05, 3.63) is 63.7 Å². The maximum Gasteiger partial charge on any atom is 0.270 e. The van der Waals surface area contributed by atoms with Gasteiger partial charge in [-0.15, -0.1) is 0 Å². The molecule has 0 amide bonds. The van der Waals surface area contributed by atoms with Crippen LogP contribution in [0, 0.1) is 21.4 Å². The van der Waals surface area contributed by atoms with Crippen molar-refractivity contribution in [2.75, 3.05) is 13.2 Å². The van der Waals surface area contributed by atoms with Gasteiger partial charge in [0.25, 0.3) is 5.69 Å². The largest absolute Gasteiger partial charge is 0.490 e. The number of nitrogens with zero attached hydrogens (tertiary/aromatic N) is 2. The minimum absolute atomic E-state index is 0.0552. The molecule has 2 aromatic carbocycles. The van der Waals surface area contributed by atoms with Gasteiger partial charge in [0.2, 0.25) is 0 Å². The monoisotopic (exact) mass is 338 g/mol. The molecule has 6 nitrogen and oxygen atoms in total. The fraction of sp³-hybridized carbons (Fsp3) is 0.211. The van der Waals surface area contributed by atoms with Crippen molar-refractivity contribution in [2.24, 2.45) is 0 Å². The first-order chi connectivity index (χ1) is 12.1. The Morgan fingerprint density at radius 1 is 1.16 bits per heavy atom. The zero-order valence-electron chi connectivity index (χ0n) is 14.1. The van der Waals surface area contributed by atoms with Gasteiger partial charge in [-0.3, -0.25) is 10.1 Å². The lowest BCUT2D eigenvalue weighted by atomic mass is 10.0. The number of nitro groups is 1. The fourth-order valence-corrected chi connectivity index (χ4v) is 2.29. The molecule has 0 N–H and O–H groups in total. The summed E-state index contributed by atoms with van der Waals surface area (Å²) in [6, 6.07) is 13.5. The van der Waals surface area contributed by atoms with Crippen LogP contribution in [0.25, 0.3) is 11.6 Å². The van der Waals surface area contributed by atoms with Gasteiger partial charge in [0.15, 0.2) is 11.5 Å². The van der Waals surface area contributed by atoms with Crippen LogP contribution in [0.5, 0.6) is 11.5 Å². The van der Waals surface area contributed by atoms with Crippen molar-refractivity contribution < 1.29 is 14.4 Å². The number of nitro benzene ring substituents is 1. The summed E-state index contributed by atoms with van der Waals surface area (Å²) in [4.78, 5) is 10.4. The van der Waals surface area contributed by atoms with Crippen molar-refractivity contribution >= 4 is 17.3 Å². The maximum atomic E-state index is 10.9. The van der Waals surface area contributed by atoms with E-state index in [2.05, 4.69) is 6.07 Å². The van der Waals surface area contributed by atoms with Gasteiger partial charge in [0.05, 0.1) is 29.8 Å². The van der Waals surface area contributed by atoms with Crippen LogP contribution >= 0.6 is 0 Å². The number of nitriles is 1. The Labute approximate surface area is 146 Å². The predicted molar refractivity (Wildman–Crippen MR) is 95.4 cm³/mol. The molecular formula is C19H18N2O4. The highest BCUT2D eigenvalue weighted by atomic mass is 16.6. The summed E-state index contributed by atoms with van der Waals surface area (Å²) in [6.07, 6.45) is 1.66. The third-order valence-electron chi connectivity index (χ3n) is 3.37. The van der Waals surface area contributed by atoms with E-state index in [9.17, 15) is 15.4 Å². The summed E-state index contributed by atoms with van der Waals surface area (Å²) in [7, 11) is 0. The van der Waals surface area contributed by atoms with Crippen molar-refractivity contribution in [1.29, 1.82) is 5.26 Å². The summed E-state index contributed by atoms with van der Waals surface area (Å²) < 4.78 is 11.1. The Morgan fingerprint density at radius 2 is 1.88 bits per heavy atom. The first-order valence-electron chi connectivity index (χ1n) is 7.85. The van der Waals surface area contributed by atoms with Crippen molar-refractivity contribution in [2.45, 2.75) is 13.8 Å². The van der Waals surface area contributed by atoms with Gasteiger partial charge in [-0.25, -0.2) is 0 Å². The highest BCUT2D eigenvalue weighted by Gasteiger charge is 2.10. The number of allylic oxidation sites excluding steroid dienone is 1. The third-order valence-corrected chi connectivity index (χ3v) is 3.37. The van der Waals surface area contributed by atoms with E-state index in [1.54, 1.807) is 30.3 Å². The van der Waals surface area contributed by atoms with Crippen LogP contribution < -0.4 is 9.47 Å². The van der Waals surface area contributed by atoms with E-state index in [0.717, 1.165) is 5.56 Å². The molecule has 128 valence electrons. The van der Waals surface area contributed by atoms with Gasteiger partial charge in [0.1, 0.15) is 0 Å². The molecule has 0 bridgehead atoms. The summed E-state index contributed by atoms with van der Waals surface area (Å²) in [5, 5.41) is 20.3. The standard InChI is InChI=1S/C19H18N2O4/c1-3-24-18-9-8-14(11-19(18)25-4-2)10-16(13-20)15-6-5-7-17(12-15)21(22)23/h5-12H,3-4H2,1-2H3. The van der Waals surface area contributed by atoms with Gasteiger partial charge >= 0.3 is 0 Å². The minimum Gasteiger partial charge on any atom is -0.490 e. The second-order valence-electron chi connectivity index (χ2n) is 5.05. The highest BCUT2D eigenvalue weighted by molar-refractivity contribution is 5.90. The van der Waals surface area contributed by atoms with Crippen LogP contribution in [0.3, 0.4) is 0 Å². The lowest BCUT2D eigenvalue weighted by Crippen LogP contribution is -1.98. The van der Waals surface area contributed by atoms with Crippen LogP contribution in [-0.2, 0) is 0 Å². The van der Waals surface area contributed by atoms with E-state index in [-0.39, 0.29) is 5.69 Å². The maximum absolute atomic E-state index is 10.9. The number of hydrogen-bond acceptors (Lipinski definition) is 5. The van der Waals surface area contributed by atoms with E-state index in [1.807, 2.05) is 19.9 Å². The average molecular weight is 338 g/mol. The molecule has 2 rings (SSSR count). The lowest BCUT2D eigenvalue weighted by molar-refractivity contribution is -0.384. The Hall–Kier alpha value is -3.33. The van der Waals surface area contributed by atoms with E-state index in [4.69, 9.17) is 9.47 Å². The second kappa shape index (κ2) is 8.50. The van der Waals surface area contributed by atoms with Crippen LogP contribution in [-0.4, -0.2) is 18.1 Å². The normalized spacial score (nSPS) is 10.8. The first kappa shape index (κ1) is 18.0. The van der Waals surface area contributed by atoms with E-state index < -0.39 is 4.92 Å². The third kappa shape index (κ3) is 4.58. The number of ether oxygens (including phenoxy) is 2. The molecule has 25 heavy (non-hydrogen) atoms. The number of non-ortho nitro benzene ring substituents is 1. The molecule has 0 saturated heterocycles. The summed E-state index contributed by atoms with van der Waals surface area (Å²) in [5.74, 6) is 1.23. The molecular weight excluding hydrogens is 320 g/mol. The molecule has 0 fully saturated rings. The zero-order chi connectivity index (χ0) is 18.2. The van der Waals surface area contributed by atoms with E-state index >= 15 is 0 Å². The summed E-state index contributed by atoms with van der Waals surface area (Å²) in [5.41, 5.74) is 1.51. The Bertz CT molecular complexity index is 838. The molecule has 0 aliphatic heterocycles.